The minimum atomic E-state index is -3.71. The lowest BCUT2D eigenvalue weighted by atomic mass is 10.1. The van der Waals surface area contributed by atoms with E-state index in [1.165, 1.54) is 18.2 Å². The summed E-state index contributed by atoms with van der Waals surface area (Å²) in [6.07, 6.45) is 0.603. The number of benzene rings is 1. The first-order valence-corrected chi connectivity index (χ1v) is 10.4. The van der Waals surface area contributed by atoms with E-state index in [2.05, 4.69) is 23.2 Å². The van der Waals surface area contributed by atoms with Gasteiger partial charge in [-0.25, -0.2) is 0 Å². The monoisotopic (exact) mass is 413 g/mol. The van der Waals surface area contributed by atoms with Gasteiger partial charge in [0.1, 0.15) is 0 Å². The summed E-state index contributed by atoms with van der Waals surface area (Å²) in [5.41, 5.74) is 11.2. The molecule has 0 aromatic heterocycles. The number of amides is 2. The molecule has 0 spiro atoms. The van der Waals surface area contributed by atoms with Crippen LogP contribution in [0.15, 0.2) is 31.4 Å². The fraction of sp³-hybridized carbons (Fsp3) is 0.444. The van der Waals surface area contributed by atoms with Crippen LogP contribution in [-0.2, 0) is 10.2 Å². The molecular formula is C18H31N5O4S. The Balaban J connectivity index is 0.00000171. The van der Waals surface area contributed by atoms with E-state index in [0.717, 1.165) is 4.31 Å². The first kappa shape index (κ1) is 25.6. The lowest BCUT2D eigenvalue weighted by molar-refractivity contribution is 0.0941. The average molecular weight is 414 g/mol. The SMILES string of the molecule is C=C.CC.C[C@@H](CN)NC(=O)c1cc(C(N)=O)cc(N2CCCNS2(=O)=O)c1. The zero-order valence-electron chi connectivity index (χ0n) is 16.7. The number of hydrogen-bond donors (Lipinski definition) is 4. The number of carbonyl (C=O) groups is 2. The molecule has 2 rings (SSSR count). The van der Waals surface area contributed by atoms with Gasteiger partial charge in [-0.1, -0.05) is 13.8 Å². The maximum absolute atomic E-state index is 12.3. The predicted octanol–water partition coefficient (Wildman–Crippen LogP) is 0.735. The maximum atomic E-state index is 12.3. The first-order valence-electron chi connectivity index (χ1n) is 8.97. The number of rotatable bonds is 5. The average Bonchev–Trinajstić information content (AvgIpc) is 2.70. The van der Waals surface area contributed by atoms with Crippen molar-refractivity contribution in [3.8, 4) is 0 Å². The molecular weight excluding hydrogens is 382 g/mol. The van der Waals surface area contributed by atoms with Crippen molar-refractivity contribution in [3.05, 3.63) is 42.5 Å². The van der Waals surface area contributed by atoms with Crippen LogP contribution in [0.25, 0.3) is 0 Å². The van der Waals surface area contributed by atoms with E-state index >= 15 is 0 Å². The summed E-state index contributed by atoms with van der Waals surface area (Å²) < 4.78 is 27.8. The van der Waals surface area contributed by atoms with E-state index in [4.69, 9.17) is 11.5 Å². The van der Waals surface area contributed by atoms with Crippen molar-refractivity contribution in [1.82, 2.24) is 10.0 Å². The van der Waals surface area contributed by atoms with Crippen molar-refractivity contribution >= 4 is 27.7 Å². The Bertz CT molecular complexity index is 767. The molecule has 0 radical (unpaired) electrons. The Morgan fingerprint density at radius 2 is 1.82 bits per heavy atom. The standard InChI is InChI=1S/C14H21N5O4S.C2H6.C2H4/c1-9(8-15)18-14(21)11-5-10(13(16)20)6-12(7-11)19-4-2-3-17-24(19,22)23;2*1-2/h5-7,9,17H,2-4,8,15H2,1H3,(H2,16,20)(H,18,21);1-2H3;1-2H2/t9-;;/m0../s1. The number of primary amides is 1. The molecule has 10 heteroatoms. The van der Waals surface area contributed by atoms with Gasteiger partial charge >= 0.3 is 10.2 Å². The van der Waals surface area contributed by atoms with Gasteiger partial charge < -0.3 is 16.8 Å². The number of anilines is 1. The van der Waals surface area contributed by atoms with Crippen molar-refractivity contribution in [3.63, 3.8) is 0 Å². The first-order chi connectivity index (χ1) is 13.2. The zero-order chi connectivity index (χ0) is 21.9. The third-order valence-corrected chi connectivity index (χ3v) is 5.14. The van der Waals surface area contributed by atoms with Crippen LogP contribution >= 0.6 is 0 Å². The van der Waals surface area contributed by atoms with Gasteiger partial charge in [-0.2, -0.15) is 13.1 Å². The highest BCUT2D eigenvalue weighted by Crippen LogP contribution is 2.23. The fourth-order valence-electron chi connectivity index (χ4n) is 2.28. The molecule has 158 valence electrons. The Kier molecular flexibility index (Phi) is 11.1. The van der Waals surface area contributed by atoms with Crippen LogP contribution in [0.4, 0.5) is 5.69 Å². The molecule has 1 aromatic rings. The van der Waals surface area contributed by atoms with E-state index in [-0.39, 0.29) is 35.9 Å². The number of nitrogens with zero attached hydrogens (tertiary/aromatic N) is 1. The van der Waals surface area contributed by atoms with Gasteiger partial charge in [-0.15, -0.1) is 13.2 Å². The number of carbonyl (C=O) groups excluding carboxylic acids is 2. The lowest BCUT2D eigenvalue weighted by Gasteiger charge is -2.29. The van der Waals surface area contributed by atoms with Gasteiger partial charge in [0, 0.05) is 36.8 Å². The van der Waals surface area contributed by atoms with Crippen LogP contribution < -0.4 is 25.8 Å². The van der Waals surface area contributed by atoms with Crippen molar-refractivity contribution in [2.75, 3.05) is 23.9 Å². The van der Waals surface area contributed by atoms with Gasteiger partial charge in [0.25, 0.3) is 5.91 Å². The molecule has 1 atom stereocenters. The minimum Gasteiger partial charge on any atom is -0.366 e. The Morgan fingerprint density at radius 3 is 2.32 bits per heavy atom. The molecule has 9 nitrogen and oxygen atoms in total. The molecule has 1 aromatic carbocycles. The molecule has 0 saturated carbocycles. The topological polar surface area (TPSA) is 148 Å². The van der Waals surface area contributed by atoms with E-state index in [1.54, 1.807) is 6.92 Å². The van der Waals surface area contributed by atoms with Crippen molar-refractivity contribution < 1.29 is 18.0 Å². The molecule has 0 bridgehead atoms. The van der Waals surface area contributed by atoms with Crippen LogP contribution in [0.5, 0.6) is 0 Å². The van der Waals surface area contributed by atoms with Crippen molar-refractivity contribution in [2.45, 2.75) is 33.2 Å². The summed E-state index contributed by atoms with van der Waals surface area (Å²) in [4.78, 5) is 23.8. The lowest BCUT2D eigenvalue weighted by Crippen LogP contribution is -2.47. The summed E-state index contributed by atoms with van der Waals surface area (Å²) in [7, 11) is -3.71. The van der Waals surface area contributed by atoms with Gasteiger partial charge in [0.2, 0.25) is 5.91 Å². The third-order valence-electron chi connectivity index (χ3n) is 3.60. The quantitative estimate of drug-likeness (QED) is 0.525. The molecule has 1 aliphatic heterocycles. The molecule has 1 fully saturated rings. The summed E-state index contributed by atoms with van der Waals surface area (Å²) >= 11 is 0. The van der Waals surface area contributed by atoms with Crippen molar-refractivity contribution in [2.24, 2.45) is 11.5 Å². The molecule has 2 amide bonds. The predicted molar refractivity (Wildman–Crippen MR) is 112 cm³/mol. The summed E-state index contributed by atoms with van der Waals surface area (Å²) in [5, 5.41) is 2.66. The van der Waals surface area contributed by atoms with E-state index in [0.29, 0.717) is 13.0 Å². The number of nitrogens with two attached hydrogens (primary N) is 2. The van der Waals surface area contributed by atoms with Gasteiger partial charge in [0.15, 0.2) is 0 Å². The van der Waals surface area contributed by atoms with Crippen LogP contribution in [0.2, 0.25) is 0 Å². The normalized spacial score (nSPS) is 15.8. The molecule has 1 saturated heterocycles. The highest BCUT2D eigenvalue weighted by Gasteiger charge is 2.27. The molecule has 0 unspecified atom stereocenters. The van der Waals surface area contributed by atoms with Crippen molar-refractivity contribution in [1.29, 1.82) is 0 Å². The number of hydrogen-bond acceptors (Lipinski definition) is 5. The third kappa shape index (κ3) is 6.95. The highest BCUT2D eigenvalue weighted by atomic mass is 32.2. The van der Waals surface area contributed by atoms with Crippen LogP contribution in [0, 0.1) is 0 Å². The van der Waals surface area contributed by atoms with E-state index < -0.39 is 22.0 Å². The summed E-state index contributed by atoms with van der Waals surface area (Å²) in [5.74, 6) is -1.21. The molecule has 1 aliphatic rings. The van der Waals surface area contributed by atoms with Gasteiger partial charge in [-0.05, 0) is 31.5 Å². The van der Waals surface area contributed by atoms with Gasteiger partial charge in [0.05, 0.1) is 5.69 Å². The number of nitrogens with one attached hydrogen (secondary N) is 2. The Labute approximate surface area is 167 Å². The zero-order valence-corrected chi connectivity index (χ0v) is 17.5. The Hall–Kier alpha value is -2.43. The molecule has 6 N–H and O–H groups in total. The van der Waals surface area contributed by atoms with Gasteiger partial charge in [-0.3, -0.25) is 13.9 Å². The van der Waals surface area contributed by atoms with Crippen LogP contribution in [-0.4, -0.2) is 45.9 Å². The van der Waals surface area contributed by atoms with Crippen LogP contribution in [0.1, 0.15) is 47.9 Å². The smallest absolute Gasteiger partial charge is 0.301 e. The Morgan fingerprint density at radius 1 is 1.25 bits per heavy atom. The second-order valence-electron chi connectivity index (χ2n) is 5.57. The fourth-order valence-corrected chi connectivity index (χ4v) is 3.59. The van der Waals surface area contributed by atoms with Crippen LogP contribution in [0.3, 0.4) is 0 Å². The van der Waals surface area contributed by atoms with E-state index in [9.17, 15) is 18.0 Å². The highest BCUT2D eigenvalue weighted by molar-refractivity contribution is 7.90. The second kappa shape index (κ2) is 12.1. The second-order valence-corrected chi connectivity index (χ2v) is 7.25. The minimum absolute atomic E-state index is 0.0545. The summed E-state index contributed by atoms with van der Waals surface area (Å²) in [6.45, 7) is 12.6. The molecule has 0 aliphatic carbocycles. The molecule has 1 heterocycles. The van der Waals surface area contributed by atoms with E-state index in [1.807, 2.05) is 13.8 Å². The maximum Gasteiger partial charge on any atom is 0.301 e. The summed E-state index contributed by atoms with van der Waals surface area (Å²) in [6, 6.07) is 3.83. The molecule has 28 heavy (non-hydrogen) atoms. The largest absolute Gasteiger partial charge is 0.366 e.